The Morgan fingerprint density at radius 2 is 0.465 bits per heavy atom. The molecule has 19 heteroatoms. The van der Waals surface area contributed by atoms with Crippen LogP contribution < -0.4 is 0 Å². The van der Waals surface area contributed by atoms with E-state index in [9.17, 15) is 43.2 Å². The Morgan fingerprint density at radius 1 is 0.273 bits per heavy atom. The standard InChI is InChI=1S/C80H156O17P2/c1-7-9-11-13-15-17-19-21-23-25-29-33-37-44-50-56-62-77(82)90-68-75(96-79(84)65-59-53-47-39-35-31-27-26-28-32-36-42-48-54-60-72(3)4)70-94-98(86,87)92-66-74(81)67-93-99(88,89)95-71-76(69-91-78(83)63-57-51-45-41-40-43-49-55-61-73(5)6)97-80(85)64-58-52-46-38-34-30-24-22-20-18-16-14-12-10-8-2/h72-76,81H,7-71H2,1-6H3,(H,86,87)(H,88,89)/t74-,75-,76-/m1/s1. The van der Waals surface area contributed by atoms with E-state index in [-0.39, 0.29) is 25.7 Å². The molecule has 588 valence electrons. The van der Waals surface area contributed by atoms with Gasteiger partial charge in [0.15, 0.2) is 12.2 Å². The zero-order valence-electron chi connectivity index (χ0n) is 64.8. The minimum Gasteiger partial charge on any atom is -0.462 e. The van der Waals surface area contributed by atoms with E-state index in [1.807, 2.05) is 0 Å². The maximum Gasteiger partial charge on any atom is 0.472 e. The molecule has 0 spiro atoms. The van der Waals surface area contributed by atoms with Crippen LogP contribution in [0.25, 0.3) is 0 Å². The highest BCUT2D eigenvalue weighted by molar-refractivity contribution is 7.47. The van der Waals surface area contributed by atoms with Crippen LogP contribution in [0.15, 0.2) is 0 Å². The molecule has 0 saturated heterocycles. The first-order valence-corrected chi connectivity index (χ1v) is 44.5. The van der Waals surface area contributed by atoms with Crippen molar-refractivity contribution in [1.82, 2.24) is 0 Å². The van der Waals surface area contributed by atoms with Crippen LogP contribution in [-0.4, -0.2) is 96.7 Å². The van der Waals surface area contributed by atoms with Crippen LogP contribution in [0.4, 0.5) is 0 Å². The number of aliphatic hydroxyl groups is 1. The molecule has 0 rings (SSSR count). The van der Waals surface area contributed by atoms with Gasteiger partial charge in [0, 0.05) is 25.7 Å². The summed E-state index contributed by atoms with van der Waals surface area (Å²) in [4.78, 5) is 73.0. The molecule has 0 aliphatic carbocycles. The maximum atomic E-state index is 13.1. The van der Waals surface area contributed by atoms with Crippen LogP contribution in [0.3, 0.4) is 0 Å². The second kappa shape index (κ2) is 71.7. The van der Waals surface area contributed by atoms with E-state index in [1.54, 1.807) is 0 Å². The lowest BCUT2D eigenvalue weighted by Crippen LogP contribution is -2.30. The Balaban J connectivity index is 5.26. The number of rotatable bonds is 79. The van der Waals surface area contributed by atoms with Crippen molar-refractivity contribution in [1.29, 1.82) is 0 Å². The molecule has 3 N–H and O–H groups in total. The lowest BCUT2D eigenvalue weighted by atomic mass is 10.0. The summed E-state index contributed by atoms with van der Waals surface area (Å²) in [7, 11) is -9.92. The van der Waals surface area contributed by atoms with Crippen molar-refractivity contribution in [3.05, 3.63) is 0 Å². The van der Waals surface area contributed by atoms with Gasteiger partial charge in [-0.1, -0.05) is 369 Å². The van der Waals surface area contributed by atoms with E-state index in [2.05, 4.69) is 41.5 Å². The molecule has 0 aromatic carbocycles. The quantitative estimate of drug-likeness (QED) is 0.0222. The monoisotopic (exact) mass is 1450 g/mol. The third-order valence-electron chi connectivity index (χ3n) is 18.7. The number of phosphoric ester groups is 2. The van der Waals surface area contributed by atoms with E-state index in [0.29, 0.717) is 25.7 Å². The van der Waals surface area contributed by atoms with E-state index in [1.165, 1.54) is 238 Å². The minimum absolute atomic E-state index is 0.108. The number of phosphoric acid groups is 2. The highest BCUT2D eigenvalue weighted by atomic mass is 31.2. The molecule has 0 aromatic heterocycles. The zero-order valence-corrected chi connectivity index (χ0v) is 66.6. The van der Waals surface area contributed by atoms with Gasteiger partial charge in [-0.3, -0.25) is 37.3 Å². The molecule has 2 unspecified atom stereocenters. The number of esters is 4. The van der Waals surface area contributed by atoms with Gasteiger partial charge in [-0.25, -0.2) is 9.13 Å². The van der Waals surface area contributed by atoms with E-state index < -0.39 is 97.5 Å². The van der Waals surface area contributed by atoms with E-state index in [0.717, 1.165) is 102 Å². The van der Waals surface area contributed by atoms with Crippen LogP contribution in [0, 0.1) is 11.8 Å². The van der Waals surface area contributed by atoms with Crippen LogP contribution >= 0.6 is 15.6 Å². The fourth-order valence-electron chi connectivity index (χ4n) is 12.4. The van der Waals surface area contributed by atoms with Crippen molar-refractivity contribution in [3.63, 3.8) is 0 Å². The average Bonchev–Trinajstić information content (AvgIpc) is 1.11. The number of hydrogen-bond acceptors (Lipinski definition) is 15. The summed E-state index contributed by atoms with van der Waals surface area (Å²) >= 11 is 0. The number of aliphatic hydroxyl groups excluding tert-OH is 1. The molecule has 0 radical (unpaired) electrons. The summed E-state index contributed by atoms with van der Waals surface area (Å²) < 4.78 is 68.7. The van der Waals surface area contributed by atoms with Crippen molar-refractivity contribution in [2.24, 2.45) is 11.8 Å². The second-order valence-electron chi connectivity index (χ2n) is 29.8. The molecular formula is C80H156O17P2. The molecule has 99 heavy (non-hydrogen) atoms. The molecule has 0 fully saturated rings. The summed E-state index contributed by atoms with van der Waals surface area (Å²) in [6.45, 7) is 9.63. The highest BCUT2D eigenvalue weighted by Gasteiger charge is 2.30. The lowest BCUT2D eigenvalue weighted by Gasteiger charge is -2.21. The van der Waals surface area contributed by atoms with Crippen molar-refractivity contribution in [3.8, 4) is 0 Å². The highest BCUT2D eigenvalue weighted by Crippen LogP contribution is 2.45. The fraction of sp³-hybridized carbons (Fsp3) is 0.950. The summed E-state index contributed by atoms with van der Waals surface area (Å²) in [5, 5.41) is 10.6. The normalized spacial score (nSPS) is 13.9. The molecule has 0 aliphatic heterocycles. The van der Waals surface area contributed by atoms with Gasteiger partial charge in [0.2, 0.25) is 0 Å². The van der Waals surface area contributed by atoms with Crippen molar-refractivity contribution >= 4 is 39.5 Å². The Labute approximate surface area is 607 Å². The third-order valence-corrected chi connectivity index (χ3v) is 20.6. The van der Waals surface area contributed by atoms with Gasteiger partial charge >= 0.3 is 39.5 Å². The molecule has 0 saturated carbocycles. The topological polar surface area (TPSA) is 237 Å². The lowest BCUT2D eigenvalue weighted by molar-refractivity contribution is -0.161. The van der Waals surface area contributed by atoms with Crippen LogP contribution in [0.1, 0.15) is 420 Å². The number of carbonyl (C=O) groups is 4. The van der Waals surface area contributed by atoms with Crippen LogP contribution in [0.2, 0.25) is 0 Å². The molecular weight excluding hydrogens is 1290 g/mol. The Morgan fingerprint density at radius 3 is 0.687 bits per heavy atom. The Kier molecular flexibility index (Phi) is 70.3. The number of hydrogen-bond donors (Lipinski definition) is 3. The third kappa shape index (κ3) is 74.1. The first kappa shape index (κ1) is 97.1. The SMILES string of the molecule is CCCCCCCCCCCCCCCCCCC(=O)OC[C@H](COP(=O)(O)OC[C@@H](O)COP(=O)(O)OC[C@@H](COC(=O)CCCCCCCCCCC(C)C)OC(=O)CCCCCCCCCCCCCCCCC)OC(=O)CCCCCCCCCCCCCCCCC(C)C. The summed E-state index contributed by atoms with van der Waals surface area (Å²) in [5.41, 5.74) is 0. The average molecular weight is 1450 g/mol. The van der Waals surface area contributed by atoms with Crippen LogP contribution in [-0.2, 0) is 65.4 Å². The van der Waals surface area contributed by atoms with Gasteiger partial charge < -0.3 is 33.8 Å². The van der Waals surface area contributed by atoms with Crippen molar-refractivity contribution in [2.45, 2.75) is 439 Å². The predicted molar refractivity (Wildman–Crippen MR) is 405 cm³/mol. The molecule has 17 nitrogen and oxygen atoms in total. The van der Waals surface area contributed by atoms with Gasteiger partial charge in [0.1, 0.15) is 19.3 Å². The molecule has 0 heterocycles. The minimum atomic E-state index is -4.96. The van der Waals surface area contributed by atoms with Crippen molar-refractivity contribution in [2.75, 3.05) is 39.6 Å². The first-order valence-electron chi connectivity index (χ1n) is 41.5. The second-order valence-corrected chi connectivity index (χ2v) is 32.7. The summed E-state index contributed by atoms with van der Waals surface area (Å²) in [6.07, 6.45) is 61.0. The molecule has 5 atom stereocenters. The Bertz CT molecular complexity index is 1910. The summed E-state index contributed by atoms with van der Waals surface area (Å²) in [5.74, 6) is -0.587. The van der Waals surface area contributed by atoms with Gasteiger partial charge in [-0.15, -0.1) is 0 Å². The summed E-state index contributed by atoms with van der Waals surface area (Å²) in [6, 6.07) is 0. The molecule has 0 aromatic rings. The number of carbonyl (C=O) groups excluding carboxylic acids is 4. The van der Waals surface area contributed by atoms with Gasteiger partial charge in [-0.05, 0) is 37.5 Å². The maximum absolute atomic E-state index is 13.1. The van der Waals surface area contributed by atoms with Gasteiger partial charge in [0.05, 0.1) is 26.4 Å². The van der Waals surface area contributed by atoms with Gasteiger partial charge in [0.25, 0.3) is 0 Å². The molecule has 0 bridgehead atoms. The number of ether oxygens (including phenoxy) is 4. The fourth-order valence-corrected chi connectivity index (χ4v) is 13.9. The Hall–Kier alpha value is -1.94. The molecule has 0 amide bonds. The first-order chi connectivity index (χ1) is 47.9. The number of unbranched alkanes of at least 4 members (excludes halogenated alkanes) is 49. The predicted octanol–water partition coefficient (Wildman–Crippen LogP) is 23.9. The molecule has 0 aliphatic rings. The zero-order chi connectivity index (χ0) is 72.8. The smallest absolute Gasteiger partial charge is 0.462 e. The largest absolute Gasteiger partial charge is 0.472 e. The van der Waals surface area contributed by atoms with E-state index in [4.69, 9.17) is 37.0 Å². The van der Waals surface area contributed by atoms with Gasteiger partial charge in [-0.2, -0.15) is 0 Å². The van der Waals surface area contributed by atoms with Crippen LogP contribution in [0.5, 0.6) is 0 Å². The van der Waals surface area contributed by atoms with Crippen molar-refractivity contribution < 1.29 is 80.2 Å². The van der Waals surface area contributed by atoms with E-state index >= 15 is 0 Å².